The van der Waals surface area contributed by atoms with E-state index in [-0.39, 0.29) is 31.5 Å². The smallest absolute Gasteiger partial charge is 0.389 e. The van der Waals surface area contributed by atoms with E-state index in [9.17, 15) is 22.8 Å². The van der Waals surface area contributed by atoms with E-state index in [0.717, 1.165) is 0 Å². The van der Waals surface area contributed by atoms with Crippen molar-refractivity contribution in [2.24, 2.45) is 5.16 Å². The normalized spacial score (nSPS) is 18.7. The van der Waals surface area contributed by atoms with Crippen LogP contribution in [-0.2, 0) is 14.4 Å². The van der Waals surface area contributed by atoms with Gasteiger partial charge in [0.25, 0.3) is 5.91 Å². The third-order valence-electron chi connectivity index (χ3n) is 2.39. The number of aliphatic carboxylic acids is 1. The molecule has 0 aromatic carbocycles. The fraction of sp³-hybridized carbons (Fsp3) is 0.700. The number of alkyl halides is 3. The molecule has 0 fully saturated rings. The molecule has 1 atom stereocenters. The summed E-state index contributed by atoms with van der Waals surface area (Å²) in [5.74, 6) is -1.84. The highest BCUT2D eigenvalue weighted by molar-refractivity contribution is 6.36. The monoisotopic (exact) mass is 282 g/mol. The molecule has 9 heteroatoms. The van der Waals surface area contributed by atoms with Gasteiger partial charge in [-0.25, -0.2) is 4.79 Å². The Morgan fingerprint density at radius 2 is 2.11 bits per heavy atom. The van der Waals surface area contributed by atoms with E-state index >= 15 is 0 Å². The number of carbonyl (C=O) groups excluding carboxylic acids is 1. The standard InChI is InChI=1S/C10H13F3N2O4/c11-10(12,13)3-1-2-4-14-8(16)7-5-6(9(17)18)15-19-7/h7H,1-5H2,(H,14,16)(H,17,18). The van der Waals surface area contributed by atoms with Gasteiger partial charge in [0.2, 0.25) is 6.10 Å². The van der Waals surface area contributed by atoms with Crippen molar-refractivity contribution in [3.8, 4) is 0 Å². The minimum Gasteiger partial charge on any atom is -0.477 e. The molecule has 0 spiro atoms. The Balaban J connectivity index is 2.15. The quantitative estimate of drug-likeness (QED) is 0.713. The molecular formula is C10H13F3N2O4. The molecule has 0 aliphatic carbocycles. The minimum atomic E-state index is -4.19. The van der Waals surface area contributed by atoms with Crippen molar-refractivity contribution < 1.29 is 32.7 Å². The van der Waals surface area contributed by atoms with Gasteiger partial charge in [-0.05, 0) is 12.8 Å². The van der Waals surface area contributed by atoms with Gasteiger partial charge in [0.15, 0.2) is 5.71 Å². The summed E-state index contributed by atoms with van der Waals surface area (Å²) in [5.41, 5.74) is -0.253. The van der Waals surface area contributed by atoms with E-state index in [2.05, 4.69) is 15.3 Å². The molecule has 1 amide bonds. The zero-order valence-corrected chi connectivity index (χ0v) is 9.87. The first-order valence-corrected chi connectivity index (χ1v) is 5.60. The number of nitrogens with zero attached hydrogens (tertiary/aromatic N) is 1. The van der Waals surface area contributed by atoms with Crippen LogP contribution in [0.1, 0.15) is 25.7 Å². The number of hydrogen-bond acceptors (Lipinski definition) is 4. The molecule has 0 aromatic heterocycles. The van der Waals surface area contributed by atoms with Gasteiger partial charge in [0, 0.05) is 19.4 Å². The Hall–Kier alpha value is -1.80. The number of oxime groups is 1. The number of unbranched alkanes of at least 4 members (excludes halogenated alkanes) is 1. The van der Waals surface area contributed by atoms with Crippen LogP contribution in [0.5, 0.6) is 0 Å². The van der Waals surface area contributed by atoms with E-state index in [0.29, 0.717) is 0 Å². The summed E-state index contributed by atoms with van der Waals surface area (Å²) in [6, 6.07) is 0. The Bertz CT molecular complexity index is 381. The lowest BCUT2D eigenvalue weighted by Crippen LogP contribution is -2.35. The first-order valence-electron chi connectivity index (χ1n) is 5.60. The zero-order chi connectivity index (χ0) is 14.5. The van der Waals surface area contributed by atoms with E-state index in [4.69, 9.17) is 5.11 Å². The minimum absolute atomic E-state index is 0.0772. The van der Waals surface area contributed by atoms with Crippen LogP contribution in [0.25, 0.3) is 0 Å². The van der Waals surface area contributed by atoms with Gasteiger partial charge in [-0.3, -0.25) is 4.79 Å². The van der Waals surface area contributed by atoms with Crippen molar-refractivity contribution in [1.29, 1.82) is 0 Å². The van der Waals surface area contributed by atoms with Crippen LogP contribution in [0.4, 0.5) is 13.2 Å². The van der Waals surface area contributed by atoms with Crippen LogP contribution < -0.4 is 5.32 Å². The van der Waals surface area contributed by atoms with Crippen molar-refractivity contribution in [2.45, 2.75) is 38.0 Å². The molecule has 0 saturated carbocycles. The number of carboxylic acid groups (broad SMARTS) is 1. The Kier molecular flexibility index (Phi) is 5.13. The predicted molar refractivity (Wildman–Crippen MR) is 57.5 cm³/mol. The van der Waals surface area contributed by atoms with Gasteiger partial charge < -0.3 is 15.3 Å². The van der Waals surface area contributed by atoms with Crippen LogP contribution in [-0.4, -0.2) is 41.5 Å². The number of carboxylic acids is 1. The van der Waals surface area contributed by atoms with Crippen molar-refractivity contribution in [2.75, 3.05) is 6.54 Å². The molecule has 2 N–H and O–H groups in total. The molecule has 0 saturated heterocycles. The second-order valence-electron chi connectivity index (χ2n) is 4.00. The fourth-order valence-corrected chi connectivity index (χ4v) is 1.42. The van der Waals surface area contributed by atoms with Crippen molar-refractivity contribution in [3.63, 3.8) is 0 Å². The topological polar surface area (TPSA) is 88.0 Å². The molecular weight excluding hydrogens is 269 g/mol. The highest BCUT2D eigenvalue weighted by atomic mass is 19.4. The maximum Gasteiger partial charge on any atom is 0.389 e. The van der Waals surface area contributed by atoms with Gasteiger partial charge in [-0.2, -0.15) is 13.2 Å². The number of halogens is 3. The molecule has 0 aromatic rings. The average molecular weight is 282 g/mol. The summed E-state index contributed by atoms with van der Waals surface area (Å²) in [7, 11) is 0. The lowest BCUT2D eigenvalue weighted by molar-refractivity contribution is -0.135. The molecule has 1 rings (SSSR count). The lowest BCUT2D eigenvalue weighted by Gasteiger charge is -2.09. The summed E-state index contributed by atoms with van der Waals surface area (Å²) in [6.07, 6.45) is -6.15. The highest BCUT2D eigenvalue weighted by Gasteiger charge is 2.31. The average Bonchev–Trinajstić information content (AvgIpc) is 2.76. The van der Waals surface area contributed by atoms with Crippen LogP contribution in [0.15, 0.2) is 5.16 Å². The molecule has 0 bridgehead atoms. The number of amides is 1. The lowest BCUT2D eigenvalue weighted by atomic mass is 10.1. The number of nitrogens with one attached hydrogen (secondary N) is 1. The molecule has 1 aliphatic heterocycles. The second kappa shape index (κ2) is 6.39. The van der Waals surface area contributed by atoms with E-state index in [1.165, 1.54) is 0 Å². The van der Waals surface area contributed by atoms with Gasteiger partial charge in [0.05, 0.1) is 0 Å². The van der Waals surface area contributed by atoms with Gasteiger partial charge >= 0.3 is 12.1 Å². The zero-order valence-electron chi connectivity index (χ0n) is 9.87. The Labute approximate surface area is 106 Å². The third kappa shape index (κ3) is 5.58. The molecule has 19 heavy (non-hydrogen) atoms. The summed E-state index contributed by atoms with van der Waals surface area (Å²) in [5, 5.41) is 14.2. The molecule has 0 radical (unpaired) electrons. The van der Waals surface area contributed by atoms with Gasteiger partial charge in [-0.15, -0.1) is 0 Å². The summed E-state index contributed by atoms with van der Waals surface area (Å²) in [4.78, 5) is 26.6. The second-order valence-corrected chi connectivity index (χ2v) is 4.00. The SMILES string of the molecule is O=C(O)C1=NOC(C(=O)NCCCCC(F)(F)F)C1. The van der Waals surface area contributed by atoms with Crippen LogP contribution in [0.2, 0.25) is 0 Å². The largest absolute Gasteiger partial charge is 0.477 e. The number of carbonyl (C=O) groups is 2. The predicted octanol–water partition coefficient (Wildman–Crippen LogP) is 1.06. The number of rotatable bonds is 6. The maximum absolute atomic E-state index is 11.8. The Morgan fingerprint density at radius 1 is 1.42 bits per heavy atom. The molecule has 108 valence electrons. The first kappa shape index (κ1) is 15.3. The van der Waals surface area contributed by atoms with Crippen LogP contribution in [0.3, 0.4) is 0 Å². The van der Waals surface area contributed by atoms with Crippen LogP contribution >= 0.6 is 0 Å². The molecule has 6 nitrogen and oxygen atoms in total. The summed E-state index contributed by atoms with van der Waals surface area (Å²) < 4.78 is 35.5. The van der Waals surface area contributed by atoms with E-state index in [1.54, 1.807) is 0 Å². The van der Waals surface area contributed by atoms with Crippen molar-refractivity contribution in [1.82, 2.24) is 5.32 Å². The van der Waals surface area contributed by atoms with Gasteiger partial charge in [-0.1, -0.05) is 5.16 Å². The van der Waals surface area contributed by atoms with E-state index < -0.39 is 30.6 Å². The van der Waals surface area contributed by atoms with Crippen molar-refractivity contribution in [3.05, 3.63) is 0 Å². The molecule has 1 heterocycles. The fourth-order valence-electron chi connectivity index (χ4n) is 1.42. The highest BCUT2D eigenvalue weighted by Crippen LogP contribution is 2.21. The van der Waals surface area contributed by atoms with E-state index in [1.807, 2.05) is 0 Å². The number of hydrogen-bond donors (Lipinski definition) is 2. The Morgan fingerprint density at radius 3 is 2.63 bits per heavy atom. The third-order valence-corrected chi connectivity index (χ3v) is 2.39. The summed E-state index contributed by atoms with van der Waals surface area (Å²) >= 11 is 0. The maximum atomic E-state index is 11.8. The summed E-state index contributed by atoms with van der Waals surface area (Å²) in [6.45, 7) is 0.0805. The molecule has 1 aliphatic rings. The van der Waals surface area contributed by atoms with Gasteiger partial charge in [0.1, 0.15) is 0 Å². The van der Waals surface area contributed by atoms with Crippen molar-refractivity contribution >= 4 is 17.6 Å². The van der Waals surface area contributed by atoms with Crippen LogP contribution in [0, 0.1) is 0 Å². The first-order chi connectivity index (χ1) is 8.79. The molecule has 1 unspecified atom stereocenters.